The average Bonchev–Trinajstić information content (AvgIpc) is 2.47. The topological polar surface area (TPSA) is 38.1 Å². The van der Waals surface area contributed by atoms with Crippen LogP contribution >= 0.6 is 0 Å². The van der Waals surface area contributed by atoms with Crippen LogP contribution in [-0.2, 0) is 11.8 Å². The van der Waals surface area contributed by atoms with Gasteiger partial charge in [0.25, 0.3) is 0 Å². The fourth-order valence-corrected chi connectivity index (χ4v) is 1.04. The first-order valence-electron chi connectivity index (χ1n) is 4.64. The zero-order valence-electron chi connectivity index (χ0n) is 8.85. The quantitative estimate of drug-likeness (QED) is 0.773. The summed E-state index contributed by atoms with van der Waals surface area (Å²) in [4.78, 5) is 0. The molecular formula is C10H18N2O. The number of nitrogens with zero attached hydrogens (tertiary/aromatic N) is 1. The van der Waals surface area contributed by atoms with Gasteiger partial charge >= 0.3 is 0 Å². The van der Waals surface area contributed by atoms with Crippen molar-refractivity contribution in [2.45, 2.75) is 32.6 Å². The Morgan fingerprint density at radius 1 is 1.46 bits per heavy atom. The van der Waals surface area contributed by atoms with Gasteiger partial charge in [0.1, 0.15) is 5.76 Å². The van der Waals surface area contributed by atoms with Crippen molar-refractivity contribution in [3.8, 4) is 0 Å². The third-order valence-corrected chi connectivity index (χ3v) is 1.93. The van der Waals surface area contributed by atoms with Crippen molar-refractivity contribution >= 4 is 0 Å². The van der Waals surface area contributed by atoms with Gasteiger partial charge in [-0.2, -0.15) is 0 Å². The van der Waals surface area contributed by atoms with Crippen molar-refractivity contribution < 1.29 is 4.52 Å². The van der Waals surface area contributed by atoms with Crippen molar-refractivity contribution in [1.29, 1.82) is 0 Å². The highest BCUT2D eigenvalue weighted by Crippen LogP contribution is 2.22. The molecule has 3 nitrogen and oxygen atoms in total. The molecule has 0 fully saturated rings. The average molecular weight is 182 g/mol. The molecule has 13 heavy (non-hydrogen) atoms. The minimum Gasteiger partial charge on any atom is -0.361 e. The summed E-state index contributed by atoms with van der Waals surface area (Å²) in [5.41, 5.74) is 1.09. The predicted molar refractivity (Wildman–Crippen MR) is 52.8 cm³/mol. The SMILES string of the molecule is CNCCc1cc(C(C)(C)C)on1. The molecule has 0 aliphatic carbocycles. The van der Waals surface area contributed by atoms with Crippen LogP contribution in [0.3, 0.4) is 0 Å². The third kappa shape index (κ3) is 2.84. The first kappa shape index (κ1) is 10.3. The maximum Gasteiger partial charge on any atom is 0.142 e. The van der Waals surface area contributed by atoms with Crippen LogP contribution < -0.4 is 5.32 Å². The molecule has 0 aliphatic heterocycles. The van der Waals surface area contributed by atoms with Gasteiger partial charge in [-0.3, -0.25) is 0 Å². The Morgan fingerprint density at radius 2 is 2.15 bits per heavy atom. The molecule has 1 rings (SSSR count). The lowest BCUT2D eigenvalue weighted by Crippen LogP contribution is -2.11. The largest absolute Gasteiger partial charge is 0.361 e. The van der Waals surface area contributed by atoms with Gasteiger partial charge in [-0.25, -0.2) is 0 Å². The highest BCUT2D eigenvalue weighted by molar-refractivity contribution is 5.13. The van der Waals surface area contributed by atoms with E-state index in [-0.39, 0.29) is 5.41 Å². The molecule has 1 N–H and O–H groups in total. The minimum absolute atomic E-state index is 0.0604. The molecule has 0 saturated carbocycles. The summed E-state index contributed by atoms with van der Waals surface area (Å²) >= 11 is 0. The summed E-state index contributed by atoms with van der Waals surface area (Å²) in [6, 6.07) is 2.04. The first-order valence-corrected chi connectivity index (χ1v) is 4.64. The number of rotatable bonds is 3. The van der Waals surface area contributed by atoms with E-state index in [1.807, 2.05) is 13.1 Å². The van der Waals surface area contributed by atoms with Crippen LogP contribution in [-0.4, -0.2) is 18.7 Å². The molecule has 0 spiro atoms. The summed E-state index contributed by atoms with van der Waals surface area (Å²) in [5.74, 6) is 0.957. The fraction of sp³-hybridized carbons (Fsp3) is 0.700. The van der Waals surface area contributed by atoms with Crippen LogP contribution in [0.4, 0.5) is 0 Å². The Bertz CT molecular complexity index is 260. The van der Waals surface area contributed by atoms with Crippen LogP contribution in [0.25, 0.3) is 0 Å². The Morgan fingerprint density at radius 3 is 2.62 bits per heavy atom. The van der Waals surface area contributed by atoms with Gasteiger partial charge in [-0.15, -0.1) is 0 Å². The van der Waals surface area contributed by atoms with Crippen molar-refractivity contribution in [2.75, 3.05) is 13.6 Å². The van der Waals surface area contributed by atoms with Gasteiger partial charge in [0, 0.05) is 24.4 Å². The molecule has 0 amide bonds. The van der Waals surface area contributed by atoms with E-state index < -0.39 is 0 Å². The van der Waals surface area contributed by atoms with E-state index in [0.717, 1.165) is 24.4 Å². The molecule has 0 atom stereocenters. The van der Waals surface area contributed by atoms with Crippen molar-refractivity contribution in [2.24, 2.45) is 0 Å². The van der Waals surface area contributed by atoms with Crippen LogP contribution in [0.5, 0.6) is 0 Å². The lowest BCUT2D eigenvalue weighted by atomic mass is 9.93. The van der Waals surface area contributed by atoms with Gasteiger partial charge in [-0.1, -0.05) is 25.9 Å². The molecule has 0 saturated heterocycles. The molecule has 0 aliphatic rings. The molecule has 3 heteroatoms. The van der Waals surface area contributed by atoms with E-state index >= 15 is 0 Å². The summed E-state index contributed by atoms with van der Waals surface area (Å²) in [7, 11) is 1.94. The summed E-state index contributed by atoms with van der Waals surface area (Å²) in [6.07, 6.45) is 0.927. The zero-order valence-corrected chi connectivity index (χ0v) is 8.85. The molecular weight excluding hydrogens is 164 g/mol. The van der Waals surface area contributed by atoms with Gasteiger partial charge in [-0.05, 0) is 7.05 Å². The lowest BCUT2D eigenvalue weighted by Gasteiger charge is -2.12. The fourth-order valence-electron chi connectivity index (χ4n) is 1.04. The maximum atomic E-state index is 5.25. The lowest BCUT2D eigenvalue weighted by molar-refractivity contribution is 0.326. The smallest absolute Gasteiger partial charge is 0.142 e. The van der Waals surface area contributed by atoms with E-state index in [1.165, 1.54) is 0 Å². The van der Waals surface area contributed by atoms with Gasteiger partial charge in [0.05, 0.1) is 5.69 Å². The number of aromatic nitrogens is 1. The highest BCUT2D eigenvalue weighted by Gasteiger charge is 2.19. The zero-order chi connectivity index (χ0) is 9.90. The third-order valence-electron chi connectivity index (χ3n) is 1.93. The van der Waals surface area contributed by atoms with E-state index in [2.05, 4.69) is 31.2 Å². The van der Waals surface area contributed by atoms with Crippen LogP contribution in [0.15, 0.2) is 10.6 Å². The van der Waals surface area contributed by atoms with E-state index in [1.54, 1.807) is 0 Å². The van der Waals surface area contributed by atoms with E-state index in [0.29, 0.717) is 0 Å². The first-order chi connectivity index (χ1) is 6.04. The Balaban J connectivity index is 2.64. The maximum absolute atomic E-state index is 5.25. The van der Waals surface area contributed by atoms with Crippen molar-refractivity contribution in [1.82, 2.24) is 10.5 Å². The second-order valence-electron chi connectivity index (χ2n) is 4.29. The van der Waals surface area contributed by atoms with Gasteiger partial charge in [0.15, 0.2) is 0 Å². The predicted octanol–water partition coefficient (Wildman–Crippen LogP) is 1.73. The monoisotopic (exact) mass is 182 g/mol. The van der Waals surface area contributed by atoms with Crippen molar-refractivity contribution in [3.05, 3.63) is 17.5 Å². The van der Waals surface area contributed by atoms with Gasteiger partial charge in [0.2, 0.25) is 0 Å². The normalized spacial score (nSPS) is 12.0. The standard InChI is InChI=1S/C10H18N2O/c1-10(2,3)9-7-8(12-13-9)5-6-11-4/h7,11H,5-6H2,1-4H3. The number of nitrogens with one attached hydrogen (secondary N) is 1. The molecule has 1 aromatic rings. The number of likely N-dealkylation sites (N-methyl/N-ethyl adjacent to an activating group) is 1. The number of hydrogen-bond acceptors (Lipinski definition) is 3. The molecule has 1 aromatic heterocycles. The summed E-state index contributed by atoms with van der Waals surface area (Å²) in [5, 5.41) is 7.09. The Kier molecular flexibility index (Phi) is 3.09. The molecule has 0 radical (unpaired) electrons. The van der Waals surface area contributed by atoms with Crippen LogP contribution in [0.1, 0.15) is 32.2 Å². The minimum atomic E-state index is 0.0604. The second kappa shape index (κ2) is 3.92. The second-order valence-corrected chi connectivity index (χ2v) is 4.29. The van der Waals surface area contributed by atoms with Crippen molar-refractivity contribution in [3.63, 3.8) is 0 Å². The summed E-state index contributed by atoms with van der Waals surface area (Å²) in [6.45, 7) is 7.30. The highest BCUT2D eigenvalue weighted by atomic mass is 16.5. The van der Waals surface area contributed by atoms with Gasteiger partial charge < -0.3 is 9.84 Å². The molecule has 0 aromatic carbocycles. The van der Waals surface area contributed by atoms with Crippen LogP contribution in [0, 0.1) is 0 Å². The van der Waals surface area contributed by atoms with Crippen LogP contribution in [0.2, 0.25) is 0 Å². The Labute approximate surface area is 79.5 Å². The van der Waals surface area contributed by atoms with E-state index in [9.17, 15) is 0 Å². The Hall–Kier alpha value is -0.830. The molecule has 1 heterocycles. The molecule has 0 bridgehead atoms. The van der Waals surface area contributed by atoms with E-state index in [4.69, 9.17) is 4.52 Å². The molecule has 0 unspecified atom stereocenters. The number of hydrogen-bond donors (Lipinski definition) is 1. The summed E-state index contributed by atoms with van der Waals surface area (Å²) < 4.78 is 5.25. The molecule has 74 valence electrons.